The van der Waals surface area contributed by atoms with Crippen LogP contribution < -0.4 is 68.9 Å². The van der Waals surface area contributed by atoms with E-state index in [1.807, 2.05) is 25.7 Å². The van der Waals surface area contributed by atoms with E-state index in [0.717, 1.165) is 12.0 Å². The predicted molar refractivity (Wildman–Crippen MR) is 68.9 cm³/mol. The van der Waals surface area contributed by atoms with Crippen LogP contribution in [0.5, 0.6) is 0 Å². The summed E-state index contributed by atoms with van der Waals surface area (Å²) in [5.41, 5.74) is 1.00. The summed E-state index contributed by atoms with van der Waals surface area (Å²) >= 11 is 11.8. The first kappa shape index (κ1) is 17.8. The first-order valence-electron chi connectivity index (χ1n) is 5.65. The summed E-state index contributed by atoms with van der Waals surface area (Å²) in [5.74, 6) is 0.445. The molecule has 2 nitrogen and oxygen atoms in total. The summed E-state index contributed by atoms with van der Waals surface area (Å²) in [5, 5.41) is 1.11. The summed E-state index contributed by atoms with van der Waals surface area (Å²) in [6.45, 7) is 5.91. The molecule has 1 fully saturated rings. The van der Waals surface area contributed by atoms with E-state index in [1.54, 1.807) is 6.07 Å². The van der Waals surface area contributed by atoms with Gasteiger partial charge in [0.1, 0.15) is 6.29 Å². The van der Waals surface area contributed by atoms with Crippen molar-refractivity contribution >= 4 is 23.2 Å². The Balaban J connectivity index is 0.00000162. The molecule has 0 saturated carbocycles. The van der Waals surface area contributed by atoms with Gasteiger partial charge in [0.15, 0.2) is 0 Å². The van der Waals surface area contributed by atoms with Crippen molar-refractivity contribution in [3.05, 3.63) is 40.4 Å². The van der Waals surface area contributed by atoms with E-state index in [9.17, 15) is 0 Å². The minimum Gasteiger partial charge on any atom is -0.529 e. The zero-order valence-corrected chi connectivity index (χ0v) is 18.6. The topological polar surface area (TPSA) is 18.5 Å². The molecule has 0 radical (unpaired) electrons. The molecule has 1 aromatic rings. The Bertz CT molecular complexity index is 401. The first-order chi connectivity index (χ1) is 8.06. The van der Waals surface area contributed by atoms with Crippen LogP contribution in [0.2, 0.25) is 10.0 Å². The van der Waals surface area contributed by atoms with Crippen LogP contribution in [-0.2, 0) is 9.47 Å². The van der Waals surface area contributed by atoms with Crippen molar-refractivity contribution < 1.29 is 78.4 Å². The van der Waals surface area contributed by atoms with Gasteiger partial charge in [-0.15, -0.1) is 5.92 Å². The fourth-order valence-electron chi connectivity index (χ4n) is 1.80. The van der Waals surface area contributed by atoms with E-state index in [0.29, 0.717) is 16.0 Å². The summed E-state index contributed by atoms with van der Waals surface area (Å²) in [7, 11) is 0. The van der Waals surface area contributed by atoms with Gasteiger partial charge in [0, 0.05) is 0 Å². The Kier molecular flexibility index (Phi) is 8.19. The normalized spacial score (nSPS) is 24.7. The van der Waals surface area contributed by atoms with Gasteiger partial charge >= 0.3 is 68.9 Å². The minimum absolute atomic E-state index is 0. The molecule has 94 valence electrons. The van der Waals surface area contributed by atoms with Crippen LogP contribution in [-0.4, -0.2) is 6.29 Å². The van der Waals surface area contributed by atoms with Crippen molar-refractivity contribution in [3.8, 4) is 0 Å². The SMILES string of the molecule is C[C@H]1[CH-]OC(O[C@H](C)c2ccc(Cl)c(Cl)c2)C1.[Cs+]. The molecule has 1 aliphatic rings. The molecule has 0 spiro atoms. The van der Waals surface area contributed by atoms with Crippen LogP contribution in [0.15, 0.2) is 18.2 Å². The quantitative estimate of drug-likeness (QED) is 0.710. The molecular weight excluding hydrogens is 392 g/mol. The summed E-state index contributed by atoms with van der Waals surface area (Å²) in [6.07, 6.45) is 0.675. The maximum atomic E-state index is 5.97. The van der Waals surface area contributed by atoms with Crippen molar-refractivity contribution in [1.82, 2.24) is 0 Å². The fourth-order valence-corrected chi connectivity index (χ4v) is 2.10. The Hall–Kier alpha value is 1.77. The number of halogens is 2. The monoisotopic (exact) mass is 406 g/mol. The van der Waals surface area contributed by atoms with E-state index < -0.39 is 0 Å². The molecule has 0 N–H and O–H groups in total. The van der Waals surface area contributed by atoms with Crippen LogP contribution in [0.3, 0.4) is 0 Å². The van der Waals surface area contributed by atoms with Gasteiger partial charge in [0.05, 0.1) is 16.1 Å². The van der Waals surface area contributed by atoms with Crippen LogP contribution >= 0.6 is 23.2 Å². The predicted octanol–water partition coefficient (Wildman–Crippen LogP) is 1.62. The Morgan fingerprint density at radius 3 is 2.67 bits per heavy atom. The molecule has 1 unspecified atom stereocenters. The van der Waals surface area contributed by atoms with E-state index in [1.165, 1.54) is 0 Å². The summed E-state index contributed by atoms with van der Waals surface area (Å²) in [4.78, 5) is 0. The maximum Gasteiger partial charge on any atom is 1.00 e. The van der Waals surface area contributed by atoms with Gasteiger partial charge in [-0.05, 0) is 31.0 Å². The second kappa shape index (κ2) is 8.27. The molecule has 0 aliphatic carbocycles. The van der Waals surface area contributed by atoms with Gasteiger partial charge in [-0.1, -0.05) is 36.2 Å². The number of benzene rings is 1. The van der Waals surface area contributed by atoms with Crippen molar-refractivity contribution in [3.63, 3.8) is 0 Å². The van der Waals surface area contributed by atoms with Crippen LogP contribution in [0.1, 0.15) is 31.9 Å². The number of hydrogen-bond donors (Lipinski definition) is 0. The number of ether oxygens (including phenoxy) is 2. The molecule has 0 bridgehead atoms. The van der Waals surface area contributed by atoms with E-state index in [4.69, 9.17) is 32.7 Å². The second-order valence-corrected chi connectivity index (χ2v) is 5.18. The van der Waals surface area contributed by atoms with Gasteiger partial charge in [0.2, 0.25) is 0 Å². The Morgan fingerprint density at radius 1 is 1.39 bits per heavy atom. The Labute approximate surface area is 177 Å². The first-order valence-corrected chi connectivity index (χ1v) is 6.41. The average Bonchev–Trinajstić information content (AvgIpc) is 2.68. The molecule has 0 aromatic heterocycles. The van der Waals surface area contributed by atoms with Crippen molar-refractivity contribution in [2.75, 3.05) is 0 Å². The molecule has 18 heavy (non-hydrogen) atoms. The number of rotatable bonds is 3. The third-order valence-corrected chi connectivity index (χ3v) is 3.53. The third-order valence-electron chi connectivity index (χ3n) is 2.80. The zero-order valence-electron chi connectivity index (χ0n) is 10.8. The van der Waals surface area contributed by atoms with Gasteiger partial charge in [-0.2, -0.15) is 0 Å². The molecule has 3 atom stereocenters. The number of hydrogen-bond acceptors (Lipinski definition) is 2. The van der Waals surface area contributed by atoms with Crippen LogP contribution in [0.4, 0.5) is 0 Å². The van der Waals surface area contributed by atoms with Gasteiger partial charge in [-0.25, -0.2) is 6.61 Å². The van der Waals surface area contributed by atoms with Crippen LogP contribution in [0, 0.1) is 12.5 Å². The van der Waals surface area contributed by atoms with Gasteiger partial charge in [0.25, 0.3) is 0 Å². The standard InChI is InChI=1S/C13H15Cl2O2.Cs/c1-8-5-13(16-7-8)17-9(2)10-3-4-11(14)12(15)6-10;/h3-4,6-9,13H,5H2,1-2H3;/q-1;+1/t8-,9-,13?;/m1./s1. The zero-order chi connectivity index (χ0) is 12.4. The second-order valence-electron chi connectivity index (χ2n) is 4.37. The third kappa shape index (κ3) is 4.95. The van der Waals surface area contributed by atoms with Gasteiger partial charge < -0.3 is 9.47 Å². The summed E-state index contributed by atoms with van der Waals surface area (Å²) in [6, 6.07) is 5.53. The van der Waals surface area contributed by atoms with Crippen molar-refractivity contribution in [2.45, 2.75) is 32.7 Å². The largest absolute Gasteiger partial charge is 1.00 e. The average molecular weight is 407 g/mol. The van der Waals surface area contributed by atoms with Crippen molar-refractivity contribution in [2.24, 2.45) is 5.92 Å². The molecule has 1 saturated heterocycles. The van der Waals surface area contributed by atoms with Crippen molar-refractivity contribution in [1.29, 1.82) is 0 Å². The van der Waals surface area contributed by atoms with Gasteiger partial charge in [-0.3, -0.25) is 0 Å². The molecule has 5 heteroatoms. The molecule has 2 rings (SSSR count). The maximum absolute atomic E-state index is 5.97. The molecule has 1 aromatic carbocycles. The minimum atomic E-state index is -0.158. The van der Waals surface area contributed by atoms with E-state index >= 15 is 0 Å². The smallest absolute Gasteiger partial charge is 0.529 e. The Morgan fingerprint density at radius 2 is 2.11 bits per heavy atom. The van der Waals surface area contributed by atoms with Crippen LogP contribution in [0.25, 0.3) is 0 Å². The molecule has 0 amide bonds. The van der Waals surface area contributed by atoms with E-state index in [2.05, 4.69) is 6.92 Å². The molecular formula is C13H15Cl2CsO2. The molecule has 1 heterocycles. The van der Waals surface area contributed by atoms with E-state index in [-0.39, 0.29) is 81.3 Å². The fraction of sp³-hybridized carbons (Fsp3) is 0.462. The molecule has 1 aliphatic heterocycles. The summed E-state index contributed by atoms with van der Waals surface area (Å²) < 4.78 is 11.2.